The quantitative estimate of drug-likeness (QED) is 0.371. The Balaban J connectivity index is 4.78. The Morgan fingerprint density at radius 1 is 1.33 bits per heavy atom. The molecule has 0 aromatic heterocycles. The van der Waals surface area contributed by atoms with Gasteiger partial charge in [0.15, 0.2) is 5.78 Å². The number of rotatable bonds is 6. The molecule has 0 atom stereocenters. The molecule has 0 saturated carbocycles. The van der Waals surface area contributed by atoms with Crippen LogP contribution in [0.3, 0.4) is 0 Å². The van der Waals surface area contributed by atoms with Crippen molar-refractivity contribution in [2.75, 3.05) is 0 Å². The number of nitrogens with zero attached hydrogens (tertiary/aromatic N) is 1. The van der Waals surface area contributed by atoms with Crippen LogP contribution in [-0.2, 0) is 4.79 Å². The Bertz CT molecular complexity index is 321. The molecule has 0 bridgehead atoms. The number of ketones is 1. The topological polar surface area (TPSA) is 29.4 Å². The third kappa shape index (κ3) is 4.07. The van der Waals surface area contributed by atoms with Crippen LogP contribution < -0.4 is 0 Å². The summed E-state index contributed by atoms with van der Waals surface area (Å²) in [7, 11) is 0. The molecule has 0 aliphatic heterocycles. The van der Waals surface area contributed by atoms with Gasteiger partial charge in [0.05, 0.1) is 5.70 Å². The lowest BCUT2D eigenvalue weighted by atomic mass is 9.99. The maximum absolute atomic E-state index is 11.9. The van der Waals surface area contributed by atoms with Crippen molar-refractivity contribution in [3.05, 3.63) is 36.1 Å². The fourth-order valence-electron chi connectivity index (χ4n) is 1.26. The van der Waals surface area contributed by atoms with Gasteiger partial charge in [-0.15, -0.1) is 0 Å². The second-order valence-corrected chi connectivity index (χ2v) is 3.22. The van der Waals surface area contributed by atoms with Crippen molar-refractivity contribution in [2.24, 2.45) is 4.99 Å². The Morgan fingerprint density at radius 2 is 1.93 bits per heavy atom. The minimum atomic E-state index is -0.0463. The van der Waals surface area contributed by atoms with E-state index in [1.165, 1.54) is 0 Å². The van der Waals surface area contributed by atoms with Gasteiger partial charge in [-0.3, -0.25) is 9.79 Å². The predicted octanol–water partition coefficient (Wildman–Crippen LogP) is 3.46. The van der Waals surface area contributed by atoms with Crippen LogP contribution in [0.1, 0.15) is 33.6 Å². The van der Waals surface area contributed by atoms with Crippen molar-refractivity contribution < 1.29 is 4.79 Å². The van der Waals surface area contributed by atoms with Crippen molar-refractivity contribution in [1.29, 1.82) is 0 Å². The van der Waals surface area contributed by atoms with E-state index in [2.05, 4.69) is 18.2 Å². The van der Waals surface area contributed by atoms with E-state index in [1.807, 2.05) is 13.8 Å². The van der Waals surface area contributed by atoms with E-state index in [0.717, 1.165) is 12.8 Å². The Kier molecular flexibility index (Phi) is 6.27. The molecule has 2 nitrogen and oxygen atoms in total. The monoisotopic (exact) mass is 205 g/mol. The summed E-state index contributed by atoms with van der Waals surface area (Å²) < 4.78 is 0. The Hall–Kier alpha value is -1.44. The van der Waals surface area contributed by atoms with Gasteiger partial charge < -0.3 is 0 Å². The summed E-state index contributed by atoms with van der Waals surface area (Å²) >= 11 is 0. The number of carbonyl (C=O) groups excluding carboxylic acids is 1. The maximum atomic E-state index is 11.9. The summed E-state index contributed by atoms with van der Waals surface area (Å²) in [6.45, 7) is 13.1. The summed E-state index contributed by atoms with van der Waals surface area (Å²) in [5, 5.41) is 0. The molecule has 0 aromatic carbocycles. The highest BCUT2D eigenvalue weighted by Crippen LogP contribution is 2.16. The zero-order valence-corrected chi connectivity index (χ0v) is 9.84. The third-order valence-electron chi connectivity index (χ3n) is 2.00. The zero-order valence-electron chi connectivity index (χ0n) is 9.84. The van der Waals surface area contributed by atoms with Crippen LogP contribution in [0.15, 0.2) is 41.1 Å². The van der Waals surface area contributed by atoms with Crippen LogP contribution in [0, 0.1) is 0 Å². The molecule has 0 spiro atoms. The van der Waals surface area contributed by atoms with Crippen LogP contribution in [0.5, 0.6) is 0 Å². The molecule has 0 rings (SSSR count). The van der Waals surface area contributed by atoms with Crippen molar-refractivity contribution in [3.8, 4) is 0 Å². The highest BCUT2D eigenvalue weighted by Gasteiger charge is 2.13. The zero-order chi connectivity index (χ0) is 11.8. The van der Waals surface area contributed by atoms with Crippen molar-refractivity contribution in [1.82, 2.24) is 0 Å². The van der Waals surface area contributed by atoms with Crippen LogP contribution >= 0.6 is 0 Å². The summed E-state index contributed by atoms with van der Waals surface area (Å²) in [5.74, 6) is -0.0463. The third-order valence-corrected chi connectivity index (χ3v) is 2.00. The van der Waals surface area contributed by atoms with Gasteiger partial charge >= 0.3 is 0 Å². The molecular formula is C13H19NO. The van der Waals surface area contributed by atoms with Crippen LogP contribution in [-0.4, -0.2) is 12.0 Å². The molecule has 0 unspecified atom stereocenters. The van der Waals surface area contributed by atoms with Gasteiger partial charge in [-0.05, 0) is 25.8 Å². The molecule has 0 aliphatic carbocycles. The Labute approximate surface area is 92.1 Å². The van der Waals surface area contributed by atoms with E-state index in [4.69, 9.17) is 0 Å². The van der Waals surface area contributed by atoms with Gasteiger partial charge in [0.25, 0.3) is 0 Å². The molecular weight excluding hydrogens is 186 g/mol. The van der Waals surface area contributed by atoms with Crippen molar-refractivity contribution in [3.63, 3.8) is 0 Å². The lowest BCUT2D eigenvalue weighted by molar-refractivity contribution is -0.112. The van der Waals surface area contributed by atoms with Gasteiger partial charge in [-0.1, -0.05) is 32.6 Å². The van der Waals surface area contributed by atoms with Crippen LogP contribution in [0.4, 0.5) is 0 Å². The molecule has 0 heterocycles. The number of aliphatic imine (C=N–C) groups is 1. The molecule has 2 heteroatoms. The lowest BCUT2D eigenvalue weighted by Crippen LogP contribution is -2.06. The number of allylic oxidation sites excluding steroid dienone is 3. The second-order valence-electron chi connectivity index (χ2n) is 3.22. The number of carbonyl (C=O) groups is 1. The van der Waals surface area contributed by atoms with Gasteiger partial charge in [0, 0.05) is 11.8 Å². The van der Waals surface area contributed by atoms with E-state index in [0.29, 0.717) is 16.8 Å². The molecule has 15 heavy (non-hydrogen) atoms. The predicted molar refractivity (Wildman–Crippen MR) is 66.1 cm³/mol. The molecule has 0 N–H and O–H groups in total. The van der Waals surface area contributed by atoms with E-state index in [-0.39, 0.29) is 5.78 Å². The normalized spacial score (nSPS) is 11.8. The number of Topliss-reactive ketones (excluding diaryl/α,β-unsaturated/α-hetero) is 1. The van der Waals surface area contributed by atoms with Crippen molar-refractivity contribution >= 4 is 12.0 Å². The van der Waals surface area contributed by atoms with Gasteiger partial charge in [0.1, 0.15) is 0 Å². The first-order chi connectivity index (χ1) is 7.08. The first-order valence-electron chi connectivity index (χ1n) is 5.15. The number of hydrogen-bond acceptors (Lipinski definition) is 2. The minimum absolute atomic E-state index is 0.0463. The molecule has 82 valence electrons. The molecule has 0 saturated heterocycles. The van der Waals surface area contributed by atoms with Crippen LogP contribution in [0.25, 0.3) is 0 Å². The smallest absolute Gasteiger partial charge is 0.190 e. The molecule has 0 aliphatic rings. The first kappa shape index (κ1) is 13.6. The van der Waals surface area contributed by atoms with Gasteiger partial charge in [-0.25, -0.2) is 0 Å². The van der Waals surface area contributed by atoms with E-state index >= 15 is 0 Å². The fraction of sp³-hybridized carbons (Fsp3) is 0.385. The largest absolute Gasteiger partial charge is 0.289 e. The number of hydrogen-bond donors (Lipinski definition) is 0. The van der Waals surface area contributed by atoms with Crippen LogP contribution in [0.2, 0.25) is 0 Å². The Morgan fingerprint density at radius 3 is 2.33 bits per heavy atom. The van der Waals surface area contributed by atoms with E-state index in [1.54, 1.807) is 19.2 Å². The summed E-state index contributed by atoms with van der Waals surface area (Å²) in [4.78, 5) is 15.9. The average molecular weight is 205 g/mol. The fourth-order valence-corrected chi connectivity index (χ4v) is 1.26. The van der Waals surface area contributed by atoms with E-state index < -0.39 is 0 Å². The van der Waals surface area contributed by atoms with Gasteiger partial charge in [0.2, 0.25) is 0 Å². The first-order valence-corrected chi connectivity index (χ1v) is 5.15. The van der Waals surface area contributed by atoms with E-state index in [9.17, 15) is 4.79 Å². The molecule has 0 radical (unpaired) electrons. The average Bonchev–Trinajstić information content (AvgIpc) is 2.19. The summed E-state index contributed by atoms with van der Waals surface area (Å²) in [6, 6.07) is 0. The standard InChI is InChI=1S/C13H19NO/c1-6-9-10(4)13(15)12(7-2)11(5)14-8-3/h7-8H,4-6,9H2,1-3H3/b12-7+,14-8?. The van der Waals surface area contributed by atoms with Crippen molar-refractivity contribution in [2.45, 2.75) is 33.6 Å². The molecule has 0 aromatic rings. The molecule has 0 fully saturated rings. The van der Waals surface area contributed by atoms with Gasteiger partial charge in [-0.2, -0.15) is 0 Å². The lowest BCUT2D eigenvalue weighted by Gasteiger charge is -2.07. The maximum Gasteiger partial charge on any atom is 0.190 e. The minimum Gasteiger partial charge on any atom is -0.289 e. The molecule has 0 amide bonds. The SMILES string of the molecule is C=C(CCC)C(=O)/C(=C/C)C(=C)N=CC. The summed E-state index contributed by atoms with van der Waals surface area (Å²) in [5.41, 5.74) is 1.67. The highest BCUT2D eigenvalue weighted by atomic mass is 16.1. The second kappa shape index (κ2) is 6.93. The highest BCUT2D eigenvalue weighted by molar-refractivity contribution is 6.10. The summed E-state index contributed by atoms with van der Waals surface area (Å²) in [6.07, 6.45) is 5.00.